The number of aryl methyl sites for hydroxylation is 1. The van der Waals surface area contributed by atoms with Crippen molar-refractivity contribution in [2.45, 2.75) is 46.7 Å². The maximum Gasteiger partial charge on any atom is 0.0642 e. The highest BCUT2D eigenvalue weighted by atomic mass is 16.5. The molecule has 146 valence electrons. The van der Waals surface area contributed by atoms with Crippen molar-refractivity contribution in [2.24, 2.45) is 0 Å². The quantitative estimate of drug-likeness (QED) is 0.775. The van der Waals surface area contributed by atoms with E-state index in [9.17, 15) is 0 Å². The second kappa shape index (κ2) is 9.91. The number of anilines is 1. The van der Waals surface area contributed by atoms with E-state index in [4.69, 9.17) is 4.74 Å². The van der Waals surface area contributed by atoms with Crippen LogP contribution in [0.1, 0.15) is 42.5 Å². The lowest BCUT2D eigenvalue weighted by molar-refractivity contribution is 0.122. The number of fused-ring (bicyclic) bond motifs is 1. The third-order valence-electron chi connectivity index (χ3n) is 5.30. The van der Waals surface area contributed by atoms with Gasteiger partial charge in [-0.1, -0.05) is 50.6 Å². The minimum Gasteiger partial charge on any atom is -0.378 e. The molecular formula is C24H34N2O. The zero-order valence-corrected chi connectivity index (χ0v) is 17.2. The predicted octanol–water partition coefficient (Wildman–Crippen LogP) is 4.81. The normalized spacial score (nSPS) is 17.1. The third-order valence-corrected chi connectivity index (χ3v) is 5.30. The lowest BCUT2D eigenvalue weighted by Crippen LogP contribution is -2.36. The summed E-state index contributed by atoms with van der Waals surface area (Å²) in [5, 5.41) is 0. The van der Waals surface area contributed by atoms with Crippen molar-refractivity contribution in [3.05, 3.63) is 64.7 Å². The standard InChI is InChI=1S/C21H26N2O.C3H8/c1-17-3-2-4-19-16-22(10-9-21(17)19)15-18-5-7-20(8-6-18)23-11-13-24-14-12-23;1-3-2/h2-8H,9-16H2,1H3;3H2,1-2H3. The van der Waals surface area contributed by atoms with Crippen LogP contribution in [0, 0.1) is 6.92 Å². The SMILES string of the molecule is CCC.Cc1cccc2c1CCN(Cc1ccc(N3CCOCC3)cc1)C2. The first-order valence-corrected chi connectivity index (χ1v) is 10.4. The van der Waals surface area contributed by atoms with E-state index in [0.717, 1.165) is 45.9 Å². The van der Waals surface area contributed by atoms with Crippen LogP contribution in [0.2, 0.25) is 0 Å². The van der Waals surface area contributed by atoms with E-state index in [0.29, 0.717) is 0 Å². The minimum atomic E-state index is 0.842. The van der Waals surface area contributed by atoms with Crippen molar-refractivity contribution in [2.75, 3.05) is 37.7 Å². The number of nitrogens with zero attached hydrogens (tertiary/aromatic N) is 2. The highest BCUT2D eigenvalue weighted by Crippen LogP contribution is 2.24. The second-order valence-corrected chi connectivity index (χ2v) is 7.65. The average Bonchev–Trinajstić information content (AvgIpc) is 2.70. The molecule has 1 saturated heterocycles. The number of hydrogen-bond donors (Lipinski definition) is 0. The number of benzene rings is 2. The Bertz CT molecular complexity index is 705. The van der Waals surface area contributed by atoms with Crippen LogP contribution in [0.4, 0.5) is 5.69 Å². The lowest BCUT2D eigenvalue weighted by atomic mass is 9.95. The summed E-state index contributed by atoms with van der Waals surface area (Å²) in [6.45, 7) is 13.4. The zero-order chi connectivity index (χ0) is 19.1. The molecule has 0 radical (unpaired) electrons. The van der Waals surface area contributed by atoms with Crippen LogP contribution in [0.15, 0.2) is 42.5 Å². The molecule has 0 spiro atoms. The molecule has 2 aromatic carbocycles. The highest BCUT2D eigenvalue weighted by molar-refractivity contribution is 5.48. The van der Waals surface area contributed by atoms with Crippen molar-refractivity contribution >= 4 is 5.69 Å². The molecule has 0 N–H and O–H groups in total. The molecule has 0 amide bonds. The number of ether oxygens (including phenoxy) is 1. The maximum absolute atomic E-state index is 5.43. The molecule has 2 heterocycles. The first-order valence-electron chi connectivity index (χ1n) is 10.4. The van der Waals surface area contributed by atoms with Gasteiger partial charge in [0.1, 0.15) is 0 Å². The summed E-state index contributed by atoms with van der Waals surface area (Å²) >= 11 is 0. The Morgan fingerprint density at radius 3 is 2.33 bits per heavy atom. The number of hydrogen-bond acceptors (Lipinski definition) is 3. The van der Waals surface area contributed by atoms with Gasteiger partial charge in [-0.05, 0) is 47.7 Å². The second-order valence-electron chi connectivity index (χ2n) is 7.65. The van der Waals surface area contributed by atoms with Crippen molar-refractivity contribution in [3.8, 4) is 0 Å². The molecule has 0 unspecified atom stereocenters. The number of rotatable bonds is 3. The van der Waals surface area contributed by atoms with E-state index >= 15 is 0 Å². The van der Waals surface area contributed by atoms with E-state index in [1.165, 1.54) is 35.2 Å². The van der Waals surface area contributed by atoms with E-state index in [2.05, 4.69) is 73.0 Å². The van der Waals surface area contributed by atoms with E-state index in [-0.39, 0.29) is 0 Å². The predicted molar refractivity (Wildman–Crippen MR) is 114 cm³/mol. The molecule has 3 nitrogen and oxygen atoms in total. The Balaban J connectivity index is 0.000000659. The minimum absolute atomic E-state index is 0.842. The van der Waals surface area contributed by atoms with Crippen LogP contribution in [-0.4, -0.2) is 37.7 Å². The van der Waals surface area contributed by atoms with Gasteiger partial charge in [-0.25, -0.2) is 0 Å². The van der Waals surface area contributed by atoms with Gasteiger partial charge < -0.3 is 9.64 Å². The van der Waals surface area contributed by atoms with Crippen LogP contribution in [0.3, 0.4) is 0 Å². The van der Waals surface area contributed by atoms with Crippen LogP contribution < -0.4 is 4.90 Å². The lowest BCUT2D eigenvalue weighted by Gasteiger charge is -2.30. The van der Waals surface area contributed by atoms with Gasteiger partial charge >= 0.3 is 0 Å². The Morgan fingerprint density at radius 2 is 1.63 bits per heavy atom. The van der Waals surface area contributed by atoms with Crippen molar-refractivity contribution in [1.82, 2.24) is 4.90 Å². The summed E-state index contributed by atoms with van der Waals surface area (Å²) in [6, 6.07) is 15.8. The molecular weight excluding hydrogens is 332 g/mol. The summed E-state index contributed by atoms with van der Waals surface area (Å²) in [6.07, 6.45) is 2.42. The zero-order valence-electron chi connectivity index (χ0n) is 17.2. The fraction of sp³-hybridized carbons (Fsp3) is 0.500. The van der Waals surface area contributed by atoms with Crippen LogP contribution in [-0.2, 0) is 24.2 Å². The van der Waals surface area contributed by atoms with Gasteiger partial charge in [-0.3, -0.25) is 4.90 Å². The van der Waals surface area contributed by atoms with Gasteiger partial charge in [0.2, 0.25) is 0 Å². The Labute approximate surface area is 164 Å². The molecule has 0 saturated carbocycles. The molecule has 2 aliphatic heterocycles. The van der Waals surface area contributed by atoms with Crippen molar-refractivity contribution in [3.63, 3.8) is 0 Å². The Hall–Kier alpha value is -1.84. The highest BCUT2D eigenvalue weighted by Gasteiger charge is 2.17. The first kappa shape index (κ1) is 19.9. The molecule has 0 atom stereocenters. The van der Waals surface area contributed by atoms with Crippen molar-refractivity contribution in [1.29, 1.82) is 0 Å². The molecule has 2 aromatic rings. The van der Waals surface area contributed by atoms with Gasteiger partial charge in [0.15, 0.2) is 0 Å². The number of morpholine rings is 1. The smallest absolute Gasteiger partial charge is 0.0642 e. The fourth-order valence-electron chi connectivity index (χ4n) is 3.89. The summed E-state index contributed by atoms with van der Waals surface area (Å²) in [7, 11) is 0. The molecule has 27 heavy (non-hydrogen) atoms. The maximum atomic E-state index is 5.43. The Kier molecular flexibility index (Phi) is 7.31. The van der Waals surface area contributed by atoms with Gasteiger partial charge in [0.25, 0.3) is 0 Å². The summed E-state index contributed by atoms with van der Waals surface area (Å²) in [5.41, 5.74) is 7.24. The van der Waals surface area contributed by atoms with Gasteiger partial charge in [0, 0.05) is 38.4 Å². The monoisotopic (exact) mass is 366 g/mol. The molecule has 2 aliphatic rings. The first-order chi connectivity index (χ1) is 13.2. The third kappa shape index (κ3) is 5.33. The average molecular weight is 367 g/mol. The van der Waals surface area contributed by atoms with Crippen LogP contribution in [0.25, 0.3) is 0 Å². The van der Waals surface area contributed by atoms with Crippen LogP contribution >= 0.6 is 0 Å². The largest absolute Gasteiger partial charge is 0.378 e. The van der Waals surface area contributed by atoms with E-state index in [1.54, 1.807) is 5.56 Å². The fourth-order valence-corrected chi connectivity index (χ4v) is 3.89. The van der Waals surface area contributed by atoms with Crippen molar-refractivity contribution < 1.29 is 4.74 Å². The summed E-state index contributed by atoms with van der Waals surface area (Å²) < 4.78 is 5.43. The summed E-state index contributed by atoms with van der Waals surface area (Å²) in [5.74, 6) is 0. The van der Waals surface area contributed by atoms with Gasteiger partial charge in [-0.2, -0.15) is 0 Å². The van der Waals surface area contributed by atoms with E-state index in [1.807, 2.05) is 0 Å². The van der Waals surface area contributed by atoms with Gasteiger partial charge in [-0.15, -0.1) is 0 Å². The Morgan fingerprint density at radius 1 is 0.926 bits per heavy atom. The molecule has 4 rings (SSSR count). The topological polar surface area (TPSA) is 15.7 Å². The van der Waals surface area contributed by atoms with E-state index < -0.39 is 0 Å². The molecule has 0 aromatic heterocycles. The van der Waals surface area contributed by atoms with Crippen LogP contribution in [0.5, 0.6) is 0 Å². The summed E-state index contributed by atoms with van der Waals surface area (Å²) in [4.78, 5) is 4.97. The molecule has 1 fully saturated rings. The molecule has 3 heteroatoms. The molecule has 0 bridgehead atoms. The van der Waals surface area contributed by atoms with Gasteiger partial charge in [0.05, 0.1) is 13.2 Å². The molecule has 0 aliphatic carbocycles.